The highest BCUT2D eigenvalue weighted by Gasteiger charge is 2.51. The fraction of sp³-hybridized carbons (Fsp3) is 0.609. The van der Waals surface area contributed by atoms with Crippen LogP contribution in [0.1, 0.15) is 37.2 Å². The van der Waals surface area contributed by atoms with E-state index in [1.165, 1.54) is 10.5 Å². The second-order valence-corrected chi connectivity index (χ2v) is 9.00. The summed E-state index contributed by atoms with van der Waals surface area (Å²) in [5.41, 5.74) is 2.97. The summed E-state index contributed by atoms with van der Waals surface area (Å²) >= 11 is 0. The van der Waals surface area contributed by atoms with Gasteiger partial charge in [-0.2, -0.15) is 0 Å². The van der Waals surface area contributed by atoms with Gasteiger partial charge in [-0.3, -0.25) is 14.8 Å². The number of hydrogen-bond donors (Lipinski definition) is 3. The topological polar surface area (TPSA) is 119 Å². The Kier molecular flexibility index (Phi) is 6.95. The zero-order valence-corrected chi connectivity index (χ0v) is 18.1. The van der Waals surface area contributed by atoms with Crippen molar-refractivity contribution in [1.29, 1.82) is 0 Å². The minimum absolute atomic E-state index is 0.126. The first-order valence-corrected chi connectivity index (χ1v) is 11.4. The number of nitrogens with one attached hydrogen (secondary N) is 1. The van der Waals surface area contributed by atoms with Crippen molar-refractivity contribution in [3.63, 3.8) is 0 Å². The quantitative estimate of drug-likeness (QED) is 0.481. The van der Waals surface area contributed by atoms with Gasteiger partial charge in [0.25, 0.3) is 0 Å². The molecule has 1 aromatic rings. The smallest absolute Gasteiger partial charge is 0.407 e. The standard InChI is InChI=1S/C23H31N3O6/c27-21(24-31)19-18(8-12-26(23(29)30)20(19)17-9-13-32-14-17)22(28)25-10-6-16(7-11-25)15-4-2-1-3-5-15/h1-5,16-20,31H,6-14H2,(H,24,27)(H,29,30)/t17?,18-,19+,20?/m0/s1. The van der Waals surface area contributed by atoms with Crippen LogP contribution in [0, 0.1) is 17.8 Å². The van der Waals surface area contributed by atoms with Gasteiger partial charge >= 0.3 is 6.09 Å². The lowest BCUT2D eigenvalue weighted by Crippen LogP contribution is -2.61. The number of rotatable bonds is 4. The van der Waals surface area contributed by atoms with Gasteiger partial charge in [-0.15, -0.1) is 0 Å². The number of nitrogens with zero attached hydrogens (tertiary/aromatic N) is 2. The van der Waals surface area contributed by atoms with Gasteiger partial charge in [-0.25, -0.2) is 10.3 Å². The van der Waals surface area contributed by atoms with Crippen LogP contribution in [0.2, 0.25) is 0 Å². The van der Waals surface area contributed by atoms with E-state index in [4.69, 9.17) is 4.74 Å². The molecule has 0 radical (unpaired) electrons. The Bertz CT molecular complexity index is 820. The Balaban J connectivity index is 1.51. The Morgan fingerprint density at radius 1 is 1.00 bits per heavy atom. The van der Waals surface area contributed by atoms with Crippen LogP contribution in [0.5, 0.6) is 0 Å². The number of ether oxygens (including phenoxy) is 1. The summed E-state index contributed by atoms with van der Waals surface area (Å²) in [7, 11) is 0. The fourth-order valence-electron chi connectivity index (χ4n) is 5.71. The molecule has 1 aromatic carbocycles. The van der Waals surface area contributed by atoms with E-state index in [1.54, 1.807) is 10.4 Å². The van der Waals surface area contributed by atoms with Crippen LogP contribution < -0.4 is 5.48 Å². The molecule has 0 bridgehead atoms. The van der Waals surface area contributed by atoms with Crippen molar-refractivity contribution in [3.8, 4) is 0 Å². The van der Waals surface area contributed by atoms with E-state index < -0.39 is 29.9 Å². The molecule has 4 rings (SSSR count). The van der Waals surface area contributed by atoms with E-state index in [9.17, 15) is 24.7 Å². The molecule has 0 saturated carbocycles. The number of piperidine rings is 2. The number of carbonyl (C=O) groups excluding carboxylic acids is 2. The second kappa shape index (κ2) is 9.87. The molecule has 3 heterocycles. The largest absolute Gasteiger partial charge is 0.465 e. The van der Waals surface area contributed by atoms with Gasteiger partial charge in [0.2, 0.25) is 11.8 Å². The average molecular weight is 446 g/mol. The predicted octanol–water partition coefficient (Wildman–Crippen LogP) is 1.92. The molecule has 0 aliphatic carbocycles. The first kappa shape index (κ1) is 22.5. The third-order valence-corrected chi connectivity index (χ3v) is 7.34. The van der Waals surface area contributed by atoms with Crippen LogP contribution in [-0.2, 0) is 14.3 Å². The molecule has 4 atom stereocenters. The number of carboxylic acid groups (broad SMARTS) is 1. The van der Waals surface area contributed by atoms with E-state index in [1.807, 2.05) is 18.2 Å². The van der Waals surface area contributed by atoms with E-state index >= 15 is 0 Å². The van der Waals surface area contributed by atoms with Crippen LogP contribution in [0.4, 0.5) is 4.79 Å². The molecule has 32 heavy (non-hydrogen) atoms. The van der Waals surface area contributed by atoms with Crippen LogP contribution in [-0.4, -0.2) is 76.9 Å². The maximum atomic E-state index is 13.5. The molecular weight excluding hydrogens is 414 g/mol. The van der Waals surface area contributed by atoms with Crippen molar-refractivity contribution < 1.29 is 29.4 Å². The minimum Gasteiger partial charge on any atom is -0.465 e. The highest BCUT2D eigenvalue weighted by atomic mass is 16.5. The Morgan fingerprint density at radius 2 is 1.72 bits per heavy atom. The number of likely N-dealkylation sites (tertiary alicyclic amines) is 2. The third-order valence-electron chi connectivity index (χ3n) is 7.34. The lowest BCUT2D eigenvalue weighted by molar-refractivity contribution is -0.153. The first-order chi connectivity index (χ1) is 15.5. The SMILES string of the molecule is O=C(NO)[C@H]1C(C2CCOC2)N(C(=O)O)CC[C@@H]1C(=O)N1CCC(c2ccccc2)CC1. The summed E-state index contributed by atoms with van der Waals surface area (Å²) in [5.74, 6) is -2.24. The molecule has 9 heteroatoms. The number of carbonyl (C=O) groups is 3. The summed E-state index contributed by atoms with van der Waals surface area (Å²) in [5, 5.41) is 19.2. The fourth-order valence-corrected chi connectivity index (χ4v) is 5.71. The molecule has 3 fully saturated rings. The summed E-state index contributed by atoms with van der Waals surface area (Å²) in [6.45, 7) is 2.22. The van der Waals surface area contributed by atoms with E-state index in [2.05, 4.69) is 12.1 Å². The van der Waals surface area contributed by atoms with Crippen LogP contribution in [0.25, 0.3) is 0 Å². The van der Waals surface area contributed by atoms with Gasteiger partial charge < -0.3 is 19.6 Å². The lowest BCUT2D eigenvalue weighted by Gasteiger charge is -2.46. The number of benzene rings is 1. The van der Waals surface area contributed by atoms with E-state index in [0.717, 1.165) is 12.8 Å². The molecule has 0 spiro atoms. The van der Waals surface area contributed by atoms with E-state index in [0.29, 0.717) is 38.6 Å². The Morgan fingerprint density at radius 3 is 2.31 bits per heavy atom. The molecule has 3 saturated heterocycles. The monoisotopic (exact) mass is 445 g/mol. The summed E-state index contributed by atoms with van der Waals surface area (Å²) < 4.78 is 5.46. The van der Waals surface area contributed by atoms with Gasteiger partial charge in [-0.05, 0) is 37.2 Å². The number of hydroxylamine groups is 1. The van der Waals surface area contributed by atoms with Crippen LogP contribution >= 0.6 is 0 Å². The van der Waals surface area contributed by atoms with Gasteiger partial charge in [-0.1, -0.05) is 30.3 Å². The average Bonchev–Trinajstić information content (AvgIpc) is 3.37. The molecular formula is C23H31N3O6. The number of amides is 3. The molecule has 3 N–H and O–H groups in total. The van der Waals surface area contributed by atoms with Gasteiger partial charge in [0, 0.05) is 32.2 Å². The molecule has 3 aliphatic heterocycles. The first-order valence-electron chi connectivity index (χ1n) is 11.4. The zero-order chi connectivity index (χ0) is 22.7. The molecule has 9 nitrogen and oxygen atoms in total. The maximum absolute atomic E-state index is 13.5. The van der Waals surface area contributed by atoms with Crippen molar-refractivity contribution in [3.05, 3.63) is 35.9 Å². The molecule has 0 aromatic heterocycles. The Labute approximate surface area is 187 Å². The summed E-state index contributed by atoms with van der Waals surface area (Å²) in [6, 6.07) is 9.55. The van der Waals surface area contributed by atoms with Gasteiger partial charge in [0.05, 0.1) is 24.5 Å². The lowest BCUT2D eigenvalue weighted by atomic mass is 9.73. The third kappa shape index (κ3) is 4.45. The van der Waals surface area contributed by atoms with Crippen molar-refractivity contribution in [2.75, 3.05) is 32.8 Å². The Hall–Kier alpha value is -2.65. The van der Waals surface area contributed by atoms with E-state index in [-0.39, 0.29) is 24.8 Å². The van der Waals surface area contributed by atoms with Crippen molar-refractivity contribution in [1.82, 2.24) is 15.3 Å². The molecule has 174 valence electrons. The predicted molar refractivity (Wildman–Crippen MR) is 114 cm³/mol. The zero-order valence-electron chi connectivity index (χ0n) is 18.1. The normalized spacial score (nSPS) is 29.0. The highest BCUT2D eigenvalue weighted by Crippen LogP contribution is 2.38. The van der Waals surface area contributed by atoms with Crippen LogP contribution in [0.3, 0.4) is 0 Å². The van der Waals surface area contributed by atoms with Crippen molar-refractivity contribution in [2.24, 2.45) is 17.8 Å². The molecule has 3 amide bonds. The summed E-state index contributed by atoms with van der Waals surface area (Å²) in [4.78, 5) is 41.3. The number of hydrogen-bond acceptors (Lipinski definition) is 5. The van der Waals surface area contributed by atoms with Gasteiger partial charge in [0.15, 0.2) is 0 Å². The van der Waals surface area contributed by atoms with Crippen LogP contribution in [0.15, 0.2) is 30.3 Å². The van der Waals surface area contributed by atoms with Crippen molar-refractivity contribution in [2.45, 2.75) is 37.6 Å². The molecule has 3 aliphatic rings. The maximum Gasteiger partial charge on any atom is 0.407 e. The van der Waals surface area contributed by atoms with Gasteiger partial charge in [0.1, 0.15) is 0 Å². The summed E-state index contributed by atoms with van der Waals surface area (Å²) in [6.07, 6.45) is 1.45. The molecule has 2 unspecified atom stereocenters. The highest BCUT2D eigenvalue weighted by molar-refractivity contribution is 5.88. The second-order valence-electron chi connectivity index (χ2n) is 9.00. The van der Waals surface area contributed by atoms with Crippen molar-refractivity contribution >= 4 is 17.9 Å². The minimum atomic E-state index is -1.12.